The van der Waals surface area contributed by atoms with Crippen molar-refractivity contribution < 1.29 is 17.9 Å². The van der Waals surface area contributed by atoms with E-state index in [2.05, 4.69) is 15.0 Å². The molecule has 9 heteroatoms. The molecule has 1 saturated heterocycles. The molecular weight excluding hydrogens is 345 g/mol. The van der Waals surface area contributed by atoms with Crippen LogP contribution in [0.2, 0.25) is 5.02 Å². The summed E-state index contributed by atoms with van der Waals surface area (Å²) in [6, 6.07) is 2.22. The molecule has 0 amide bonds. The summed E-state index contributed by atoms with van der Waals surface area (Å²) in [6.07, 6.45) is -3.65. The fourth-order valence-electron chi connectivity index (χ4n) is 2.34. The van der Waals surface area contributed by atoms with Crippen LogP contribution >= 0.6 is 11.6 Å². The second-order valence-corrected chi connectivity index (χ2v) is 5.68. The van der Waals surface area contributed by atoms with Gasteiger partial charge in [0.1, 0.15) is 10.7 Å². The number of hydrogen-bond acceptors (Lipinski definition) is 5. The van der Waals surface area contributed by atoms with Crippen LogP contribution in [0.5, 0.6) is 0 Å². The summed E-state index contributed by atoms with van der Waals surface area (Å²) < 4.78 is 43.2. The van der Waals surface area contributed by atoms with Gasteiger partial charge in [0.2, 0.25) is 0 Å². The lowest BCUT2D eigenvalue weighted by Gasteiger charge is -2.29. The van der Waals surface area contributed by atoms with Gasteiger partial charge in [-0.15, -0.1) is 0 Å². The van der Waals surface area contributed by atoms with Gasteiger partial charge in [-0.3, -0.25) is 4.98 Å². The van der Waals surface area contributed by atoms with Crippen molar-refractivity contribution in [1.82, 2.24) is 15.0 Å². The van der Waals surface area contributed by atoms with Crippen LogP contribution in [0.25, 0.3) is 11.5 Å². The first-order chi connectivity index (χ1) is 11.4. The van der Waals surface area contributed by atoms with Crippen LogP contribution in [0.15, 0.2) is 18.3 Å². The Morgan fingerprint density at radius 1 is 1.17 bits per heavy atom. The molecule has 1 aliphatic heterocycles. The Morgan fingerprint density at radius 2 is 1.88 bits per heavy atom. The third kappa shape index (κ3) is 3.44. The standard InChI is InChI=1S/C15H14ClF3N4O/c1-9-12(16)14(23-4-6-24-7-5-23)22-13(21-9)11-3-2-10(8-20-11)15(17,18)19/h2-3,8H,4-7H2,1H3. The molecule has 5 nitrogen and oxygen atoms in total. The Morgan fingerprint density at radius 3 is 2.46 bits per heavy atom. The van der Waals surface area contributed by atoms with Crippen molar-refractivity contribution >= 4 is 17.4 Å². The quantitative estimate of drug-likeness (QED) is 0.824. The number of aryl methyl sites for hydroxylation is 1. The Hall–Kier alpha value is -1.93. The number of rotatable bonds is 2. The first-order valence-corrected chi connectivity index (χ1v) is 7.64. The van der Waals surface area contributed by atoms with Crippen molar-refractivity contribution in [2.75, 3.05) is 31.2 Å². The van der Waals surface area contributed by atoms with Gasteiger partial charge in [0.15, 0.2) is 11.6 Å². The molecule has 0 aromatic carbocycles. The minimum Gasteiger partial charge on any atom is -0.378 e. The molecule has 128 valence electrons. The van der Waals surface area contributed by atoms with Gasteiger partial charge in [0, 0.05) is 19.3 Å². The third-order valence-electron chi connectivity index (χ3n) is 3.63. The molecule has 0 spiro atoms. The van der Waals surface area contributed by atoms with Crippen LogP contribution in [-0.4, -0.2) is 41.3 Å². The van der Waals surface area contributed by atoms with Crippen molar-refractivity contribution in [3.05, 3.63) is 34.6 Å². The summed E-state index contributed by atoms with van der Waals surface area (Å²) >= 11 is 6.29. The predicted octanol–water partition coefficient (Wildman–Crippen LogP) is 3.36. The summed E-state index contributed by atoms with van der Waals surface area (Å²) in [5, 5.41) is 0.424. The van der Waals surface area contributed by atoms with E-state index in [1.54, 1.807) is 6.92 Å². The van der Waals surface area contributed by atoms with Crippen molar-refractivity contribution in [1.29, 1.82) is 0 Å². The highest BCUT2D eigenvalue weighted by Crippen LogP contribution is 2.31. The minimum absolute atomic E-state index is 0.243. The molecule has 24 heavy (non-hydrogen) atoms. The van der Waals surface area contributed by atoms with Gasteiger partial charge in [-0.1, -0.05) is 11.6 Å². The van der Waals surface area contributed by atoms with Crippen LogP contribution in [0, 0.1) is 6.92 Å². The average molecular weight is 359 g/mol. The van der Waals surface area contributed by atoms with E-state index in [0.717, 1.165) is 12.3 Å². The zero-order valence-corrected chi connectivity index (χ0v) is 13.5. The lowest BCUT2D eigenvalue weighted by atomic mass is 10.2. The molecule has 0 unspecified atom stereocenters. The number of hydrogen-bond donors (Lipinski definition) is 0. The number of nitrogens with zero attached hydrogens (tertiary/aromatic N) is 4. The lowest BCUT2D eigenvalue weighted by molar-refractivity contribution is -0.137. The molecule has 3 rings (SSSR count). The van der Waals surface area contributed by atoms with Crippen molar-refractivity contribution in [3.8, 4) is 11.5 Å². The summed E-state index contributed by atoms with van der Waals surface area (Å²) in [7, 11) is 0. The minimum atomic E-state index is -4.43. The van der Waals surface area contributed by atoms with Crippen LogP contribution in [0.4, 0.5) is 19.0 Å². The van der Waals surface area contributed by atoms with Gasteiger partial charge in [0.25, 0.3) is 0 Å². The van der Waals surface area contributed by atoms with E-state index in [0.29, 0.717) is 42.8 Å². The van der Waals surface area contributed by atoms with Crippen molar-refractivity contribution in [2.45, 2.75) is 13.1 Å². The van der Waals surface area contributed by atoms with Crippen LogP contribution in [-0.2, 0) is 10.9 Å². The van der Waals surface area contributed by atoms with Gasteiger partial charge in [0.05, 0.1) is 24.5 Å². The van der Waals surface area contributed by atoms with Gasteiger partial charge in [-0.25, -0.2) is 9.97 Å². The number of morpholine rings is 1. The largest absolute Gasteiger partial charge is 0.417 e. The Kier molecular flexibility index (Phi) is 4.60. The number of alkyl halides is 3. The van der Waals surface area contributed by atoms with Gasteiger partial charge in [-0.05, 0) is 19.1 Å². The highest BCUT2D eigenvalue weighted by molar-refractivity contribution is 6.33. The summed E-state index contributed by atoms with van der Waals surface area (Å²) in [5.41, 5.74) is -0.00697. The molecule has 2 aromatic rings. The SMILES string of the molecule is Cc1nc(-c2ccc(C(F)(F)F)cn2)nc(N2CCOCC2)c1Cl. The maximum absolute atomic E-state index is 12.6. The zero-order valence-electron chi connectivity index (χ0n) is 12.8. The van der Waals surface area contributed by atoms with Crippen molar-refractivity contribution in [2.24, 2.45) is 0 Å². The number of halogens is 4. The third-order valence-corrected chi connectivity index (χ3v) is 4.07. The number of pyridine rings is 1. The van der Waals surface area contributed by atoms with E-state index >= 15 is 0 Å². The second-order valence-electron chi connectivity index (χ2n) is 5.30. The van der Waals surface area contributed by atoms with E-state index < -0.39 is 11.7 Å². The highest BCUT2D eigenvalue weighted by Gasteiger charge is 2.31. The monoisotopic (exact) mass is 358 g/mol. The lowest BCUT2D eigenvalue weighted by Crippen LogP contribution is -2.37. The summed E-state index contributed by atoms with van der Waals surface area (Å²) in [6.45, 7) is 4.12. The Bertz CT molecular complexity index is 731. The second kappa shape index (κ2) is 6.52. The van der Waals surface area contributed by atoms with E-state index in [1.807, 2.05) is 4.90 Å². The predicted molar refractivity (Wildman–Crippen MR) is 83.0 cm³/mol. The molecule has 2 aromatic heterocycles. The fourth-order valence-corrected chi connectivity index (χ4v) is 2.54. The van der Waals surface area contributed by atoms with E-state index in [4.69, 9.17) is 16.3 Å². The van der Waals surface area contributed by atoms with Gasteiger partial charge in [-0.2, -0.15) is 13.2 Å². The first kappa shape index (κ1) is 16.9. The van der Waals surface area contributed by atoms with Gasteiger partial charge >= 0.3 is 6.18 Å². The van der Waals surface area contributed by atoms with E-state index in [9.17, 15) is 13.2 Å². The first-order valence-electron chi connectivity index (χ1n) is 7.26. The molecule has 0 N–H and O–H groups in total. The summed E-state index contributed by atoms with van der Waals surface area (Å²) in [5.74, 6) is 0.788. The average Bonchev–Trinajstić information content (AvgIpc) is 2.57. The van der Waals surface area contributed by atoms with Gasteiger partial charge < -0.3 is 9.64 Å². The Labute approximate surface area is 141 Å². The molecular formula is C15H14ClF3N4O. The Balaban J connectivity index is 1.97. The van der Waals surface area contributed by atoms with Crippen molar-refractivity contribution in [3.63, 3.8) is 0 Å². The highest BCUT2D eigenvalue weighted by atomic mass is 35.5. The van der Waals surface area contributed by atoms with E-state index in [-0.39, 0.29) is 11.5 Å². The van der Waals surface area contributed by atoms with Crippen LogP contribution in [0.3, 0.4) is 0 Å². The summed E-state index contributed by atoms with van der Waals surface area (Å²) in [4.78, 5) is 14.5. The topological polar surface area (TPSA) is 51.1 Å². The number of aromatic nitrogens is 3. The van der Waals surface area contributed by atoms with Crippen LogP contribution < -0.4 is 4.90 Å². The molecule has 0 bridgehead atoms. The maximum atomic E-state index is 12.6. The fraction of sp³-hybridized carbons (Fsp3) is 0.400. The molecule has 0 radical (unpaired) electrons. The number of ether oxygens (including phenoxy) is 1. The maximum Gasteiger partial charge on any atom is 0.417 e. The molecule has 1 aliphatic rings. The van der Waals surface area contributed by atoms with Crippen LogP contribution in [0.1, 0.15) is 11.3 Å². The smallest absolute Gasteiger partial charge is 0.378 e. The molecule has 1 fully saturated rings. The normalized spacial score (nSPS) is 15.6. The molecule has 0 saturated carbocycles. The number of anilines is 1. The molecule has 0 atom stereocenters. The van der Waals surface area contributed by atoms with E-state index in [1.165, 1.54) is 6.07 Å². The molecule has 0 aliphatic carbocycles. The zero-order chi connectivity index (χ0) is 17.3. The molecule has 3 heterocycles.